The van der Waals surface area contributed by atoms with Crippen LogP contribution in [-0.4, -0.2) is 32.4 Å². The first kappa shape index (κ1) is 16.3. The molecule has 0 bridgehead atoms. The summed E-state index contributed by atoms with van der Waals surface area (Å²) in [5, 5.41) is 0. The molecule has 0 aromatic heterocycles. The van der Waals surface area contributed by atoms with Crippen molar-refractivity contribution in [1.82, 2.24) is 4.31 Å². The number of sulfonamides is 1. The van der Waals surface area contributed by atoms with Crippen LogP contribution in [0.25, 0.3) is 0 Å². The molecule has 1 aromatic carbocycles. The number of nitrogens with zero attached hydrogens (tertiary/aromatic N) is 1. The quantitative estimate of drug-likeness (QED) is 0.809. The van der Waals surface area contributed by atoms with Crippen LogP contribution < -0.4 is 4.74 Å². The Balaban J connectivity index is 2.41. The van der Waals surface area contributed by atoms with E-state index < -0.39 is 10.0 Å². The molecule has 1 fully saturated rings. The lowest BCUT2D eigenvalue weighted by Crippen LogP contribution is -2.28. The van der Waals surface area contributed by atoms with Crippen LogP contribution in [-0.2, 0) is 10.0 Å². The molecular formula is C16H25NO3S. The molecule has 0 aliphatic carbocycles. The van der Waals surface area contributed by atoms with Crippen molar-refractivity contribution in [1.29, 1.82) is 0 Å². The van der Waals surface area contributed by atoms with Crippen molar-refractivity contribution in [3.63, 3.8) is 0 Å². The van der Waals surface area contributed by atoms with E-state index in [0.717, 1.165) is 30.6 Å². The van der Waals surface area contributed by atoms with Gasteiger partial charge in [0.05, 0.1) is 11.5 Å². The van der Waals surface area contributed by atoms with E-state index in [2.05, 4.69) is 13.8 Å². The van der Waals surface area contributed by atoms with E-state index in [-0.39, 0.29) is 5.92 Å². The minimum atomic E-state index is -3.36. The van der Waals surface area contributed by atoms with Crippen LogP contribution in [0.5, 0.6) is 5.75 Å². The second-order valence-corrected chi connectivity index (χ2v) is 7.49. The molecule has 0 unspecified atom stereocenters. The fraction of sp³-hybridized carbons (Fsp3) is 0.625. The Labute approximate surface area is 128 Å². The predicted octanol–water partition coefficient (Wildman–Crippen LogP) is 3.38. The molecule has 4 nitrogen and oxygen atoms in total. The third-order valence-electron chi connectivity index (χ3n) is 4.13. The number of ether oxygens (including phenoxy) is 1. The van der Waals surface area contributed by atoms with E-state index >= 15 is 0 Å². The van der Waals surface area contributed by atoms with Crippen molar-refractivity contribution < 1.29 is 13.2 Å². The largest absolute Gasteiger partial charge is 0.494 e. The summed E-state index contributed by atoms with van der Waals surface area (Å²) in [5.41, 5.74) is 0.986. The molecule has 0 radical (unpaired) electrons. The number of hydrogen-bond donors (Lipinski definition) is 0. The van der Waals surface area contributed by atoms with Gasteiger partial charge in [-0.2, -0.15) is 4.31 Å². The van der Waals surface area contributed by atoms with Crippen LogP contribution in [0.4, 0.5) is 0 Å². The van der Waals surface area contributed by atoms with Crippen molar-refractivity contribution in [3.05, 3.63) is 23.8 Å². The van der Waals surface area contributed by atoms with Crippen LogP contribution in [0, 0.1) is 0 Å². The predicted molar refractivity (Wildman–Crippen MR) is 84.3 cm³/mol. The molecule has 1 aliphatic rings. The number of hydrogen-bond acceptors (Lipinski definition) is 3. The summed E-state index contributed by atoms with van der Waals surface area (Å²) in [4.78, 5) is 0.392. The van der Waals surface area contributed by atoms with Crippen LogP contribution in [0.1, 0.15) is 51.5 Å². The van der Waals surface area contributed by atoms with Crippen molar-refractivity contribution in [2.75, 3.05) is 19.7 Å². The van der Waals surface area contributed by atoms with Gasteiger partial charge in [0.25, 0.3) is 0 Å². The fourth-order valence-electron chi connectivity index (χ4n) is 2.66. The molecule has 118 valence electrons. The highest BCUT2D eigenvalue weighted by Gasteiger charge is 2.28. The molecule has 1 aromatic rings. The minimum absolute atomic E-state index is 0.278. The van der Waals surface area contributed by atoms with Gasteiger partial charge in [0.2, 0.25) is 10.0 Å². The molecule has 0 saturated carbocycles. The minimum Gasteiger partial charge on any atom is -0.494 e. The third kappa shape index (κ3) is 3.40. The van der Waals surface area contributed by atoms with Crippen LogP contribution in [0.15, 0.2) is 23.1 Å². The van der Waals surface area contributed by atoms with Crippen molar-refractivity contribution in [2.45, 2.75) is 50.8 Å². The van der Waals surface area contributed by atoms with Crippen molar-refractivity contribution in [2.24, 2.45) is 0 Å². The lowest BCUT2D eigenvalue weighted by atomic mass is 9.98. The van der Waals surface area contributed by atoms with Gasteiger partial charge < -0.3 is 4.74 Å². The Morgan fingerprint density at radius 2 is 1.90 bits per heavy atom. The molecular weight excluding hydrogens is 286 g/mol. The lowest BCUT2D eigenvalue weighted by Gasteiger charge is -2.19. The maximum atomic E-state index is 12.7. The van der Waals surface area contributed by atoms with Gasteiger partial charge >= 0.3 is 0 Å². The summed E-state index contributed by atoms with van der Waals surface area (Å²) in [6.45, 7) is 7.99. The first-order valence-corrected chi connectivity index (χ1v) is 9.21. The molecule has 0 N–H and O–H groups in total. The maximum Gasteiger partial charge on any atom is 0.243 e. The second-order valence-electron chi connectivity index (χ2n) is 5.55. The Hall–Kier alpha value is -1.07. The summed E-state index contributed by atoms with van der Waals surface area (Å²) >= 11 is 0. The highest BCUT2D eigenvalue weighted by Crippen LogP contribution is 2.32. The van der Waals surface area contributed by atoms with E-state index in [1.807, 2.05) is 6.92 Å². The van der Waals surface area contributed by atoms with Gasteiger partial charge in [-0.1, -0.05) is 13.8 Å². The zero-order valence-electron chi connectivity index (χ0n) is 13.1. The van der Waals surface area contributed by atoms with Crippen molar-refractivity contribution in [3.8, 4) is 5.75 Å². The molecule has 5 heteroatoms. The topological polar surface area (TPSA) is 46.6 Å². The standard InChI is InChI=1S/C16H25NO3S/c1-4-13(3)15-12-14(8-9-16(15)20-5-2)21(18,19)17-10-6-7-11-17/h8-9,12-13H,4-7,10-11H2,1-3H3/t13-/m1/s1. The molecule has 1 aliphatic heterocycles. The third-order valence-corrected chi connectivity index (χ3v) is 6.02. The van der Waals surface area contributed by atoms with Gasteiger partial charge in [0, 0.05) is 13.1 Å². The highest BCUT2D eigenvalue weighted by molar-refractivity contribution is 7.89. The van der Waals surface area contributed by atoms with Crippen LogP contribution in [0.2, 0.25) is 0 Å². The zero-order chi connectivity index (χ0) is 15.5. The number of rotatable bonds is 6. The Morgan fingerprint density at radius 1 is 1.24 bits per heavy atom. The average Bonchev–Trinajstić information content (AvgIpc) is 3.02. The summed E-state index contributed by atoms with van der Waals surface area (Å²) in [6, 6.07) is 5.27. The van der Waals surface area contributed by atoms with Gasteiger partial charge in [0.15, 0.2) is 0 Å². The van der Waals surface area contributed by atoms with E-state index in [0.29, 0.717) is 24.6 Å². The zero-order valence-corrected chi connectivity index (χ0v) is 13.9. The summed E-state index contributed by atoms with van der Waals surface area (Å²) in [5.74, 6) is 1.08. The van der Waals surface area contributed by atoms with Gasteiger partial charge in [-0.05, 0) is 55.9 Å². The highest BCUT2D eigenvalue weighted by atomic mass is 32.2. The van der Waals surface area contributed by atoms with Gasteiger partial charge in [-0.15, -0.1) is 0 Å². The van der Waals surface area contributed by atoms with E-state index in [4.69, 9.17) is 4.74 Å². The molecule has 0 spiro atoms. The van der Waals surface area contributed by atoms with Gasteiger partial charge in [-0.25, -0.2) is 8.42 Å². The van der Waals surface area contributed by atoms with Gasteiger partial charge in [-0.3, -0.25) is 0 Å². The first-order chi connectivity index (χ1) is 10.0. The number of benzene rings is 1. The monoisotopic (exact) mass is 311 g/mol. The lowest BCUT2D eigenvalue weighted by molar-refractivity contribution is 0.334. The van der Waals surface area contributed by atoms with Crippen LogP contribution >= 0.6 is 0 Å². The van der Waals surface area contributed by atoms with Crippen LogP contribution in [0.3, 0.4) is 0 Å². The molecule has 1 heterocycles. The summed E-state index contributed by atoms with van der Waals surface area (Å²) < 4.78 is 32.5. The second kappa shape index (κ2) is 6.79. The molecule has 1 saturated heterocycles. The Morgan fingerprint density at radius 3 is 2.48 bits per heavy atom. The normalized spacial score (nSPS) is 17.9. The van der Waals surface area contributed by atoms with E-state index in [9.17, 15) is 8.42 Å². The smallest absolute Gasteiger partial charge is 0.243 e. The Bertz CT molecular complexity index is 577. The first-order valence-electron chi connectivity index (χ1n) is 7.77. The van der Waals surface area contributed by atoms with E-state index in [1.54, 1.807) is 22.5 Å². The molecule has 21 heavy (non-hydrogen) atoms. The average molecular weight is 311 g/mol. The van der Waals surface area contributed by atoms with Gasteiger partial charge in [0.1, 0.15) is 5.75 Å². The summed E-state index contributed by atoms with van der Waals surface area (Å²) in [7, 11) is -3.36. The molecule has 2 rings (SSSR count). The maximum absolute atomic E-state index is 12.7. The van der Waals surface area contributed by atoms with Crippen molar-refractivity contribution >= 4 is 10.0 Å². The molecule has 0 amide bonds. The summed E-state index contributed by atoms with van der Waals surface area (Å²) in [6.07, 6.45) is 2.86. The SMILES string of the molecule is CCOc1ccc(S(=O)(=O)N2CCCC2)cc1[C@H](C)CC. The fourth-order valence-corrected chi connectivity index (χ4v) is 4.21. The molecule has 1 atom stereocenters. The van der Waals surface area contributed by atoms with E-state index in [1.165, 1.54) is 0 Å². The Kier molecular flexibility index (Phi) is 5.27.